The van der Waals surface area contributed by atoms with Gasteiger partial charge in [0.15, 0.2) is 11.6 Å². The number of ether oxygens (including phenoxy) is 1. The Labute approximate surface area is 122 Å². The third-order valence-electron chi connectivity index (χ3n) is 3.11. The smallest absolute Gasteiger partial charge is 0.486 e. The Morgan fingerprint density at radius 3 is 2.62 bits per heavy atom. The highest BCUT2D eigenvalue weighted by molar-refractivity contribution is 6.58. The minimum absolute atomic E-state index is 0.0515. The van der Waals surface area contributed by atoms with Crippen molar-refractivity contribution in [1.29, 1.82) is 5.26 Å². The zero-order valence-corrected chi connectivity index (χ0v) is 11.4. The van der Waals surface area contributed by atoms with Crippen LogP contribution >= 0.6 is 0 Å². The highest BCUT2D eigenvalue weighted by Crippen LogP contribution is 2.18. The fourth-order valence-corrected chi connectivity index (χ4v) is 1.87. The van der Waals surface area contributed by atoms with Gasteiger partial charge in [0.2, 0.25) is 0 Å². The minimum Gasteiger partial charge on any atom is -0.486 e. The number of aryl methyl sites for hydroxylation is 1. The average Bonchev–Trinajstić information content (AvgIpc) is 2.47. The molecule has 0 aliphatic rings. The van der Waals surface area contributed by atoms with E-state index in [4.69, 9.17) is 20.0 Å². The average molecular weight is 285 g/mol. The molecule has 0 bridgehead atoms. The first-order valence-electron chi connectivity index (χ1n) is 6.29. The summed E-state index contributed by atoms with van der Waals surface area (Å²) in [4.78, 5) is 0. The number of benzene rings is 2. The summed E-state index contributed by atoms with van der Waals surface area (Å²) in [6.45, 7) is 1.96. The maximum atomic E-state index is 13.6. The third kappa shape index (κ3) is 3.60. The second-order valence-corrected chi connectivity index (χ2v) is 4.61. The Morgan fingerprint density at radius 1 is 1.24 bits per heavy atom. The molecule has 2 aromatic rings. The summed E-state index contributed by atoms with van der Waals surface area (Å²) in [6, 6.07) is 10.8. The lowest BCUT2D eigenvalue weighted by Gasteiger charge is -2.11. The van der Waals surface area contributed by atoms with Crippen LogP contribution in [0.4, 0.5) is 4.39 Å². The number of nitriles is 1. The van der Waals surface area contributed by atoms with Gasteiger partial charge in [-0.25, -0.2) is 4.39 Å². The van der Waals surface area contributed by atoms with Gasteiger partial charge in [-0.1, -0.05) is 12.1 Å². The zero-order chi connectivity index (χ0) is 15.4. The Bertz CT molecular complexity index is 698. The summed E-state index contributed by atoms with van der Waals surface area (Å²) in [6.07, 6.45) is 0. The van der Waals surface area contributed by atoms with Crippen LogP contribution < -0.4 is 10.2 Å². The summed E-state index contributed by atoms with van der Waals surface area (Å²) < 4.78 is 19.0. The van der Waals surface area contributed by atoms with Gasteiger partial charge in [-0.3, -0.25) is 0 Å². The Kier molecular flexibility index (Phi) is 4.58. The van der Waals surface area contributed by atoms with Crippen LogP contribution in [0, 0.1) is 24.1 Å². The predicted octanol–water partition coefficient (Wildman–Crippen LogP) is 1.26. The molecule has 6 heteroatoms. The molecule has 0 saturated heterocycles. The van der Waals surface area contributed by atoms with E-state index in [1.54, 1.807) is 18.2 Å². The summed E-state index contributed by atoms with van der Waals surface area (Å²) >= 11 is 0. The molecule has 0 amide bonds. The molecule has 0 aliphatic heterocycles. The van der Waals surface area contributed by atoms with Gasteiger partial charge < -0.3 is 14.8 Å². The summed E-state index contributed by atoms with van der Waals surface area (Å²) in [5, 5.41) is 26.9. The van der Waals surface area contributed by atoms with E-state index in [1.165, 1.54) is 12.1 Å². The lowest BCUT2D eigenvalue weighted by atomic mass is 9.80. The highest BCUT2D eigenvalue weighted by Gasteiger charge is 2.14. The van der Waals surface area contributed by atoms with E-state index in [1.807, 2.05) is 13.0 Å². The van der Waals surface area contributed by atoms with Gasteiger partial charge in [-0.15, -0.1) is 0 Å². The van der Waals surface area contributed by atoms with Crippen molar-refractivity contribution < 1.29 is 19.2 Å². The fourth-order valence-electron chi connectivity index (χ4n) is 1.87. The summed E-state index contributed by atoms with van der Waals surface area (Å²) in [5.74, 6) is -0.630. The van der Waals surface area contributed by atoms with Crippen molar-refractivity contribution in [2.45, 2.75) is 13.5 Å². The van der Waals surface area contributed by atoms with Gasteiger partial charge in [0.1, 0.15) is 6.61 Å². The topological polar surface area (TPSA) is 73.5 Å². The van der Waals surface area contributed by atoms with Crippen molar-refractivity contribution in [2.75, 3.05) is 0 Å². The molecular formula is C15H13BFNO3. The van der Waals surface area contributed by atoms with E-state index in [0.717, 1.165) is 17.2 Å². The highest BCUT2D eigenvalue weighted by atomic mass is 19.1. The van der Waals surface area contributed by atoms with Crippen LogP contribution in [0.1, 0.15) is 16.7 Å². The molecule has 106 valence electrons. The molecule has 0 saturated carbocycles. The van der Waals surface area contributed by atoms with Crippen LogP contribution in [0.25, 0.3) is 0 Å². The first kappa shape index (κ1) is 15.0. The number of nitrogens with zero attached hydrogens (tertiary/aromatic N) is 1. The lowest BCUT2D eigenvalue weighted by molar-refractivity contribution is 0.289. The van der Waals surface area contributed by atoms with Gasteiger partial charge >= 0.3 is 7.12 Å². The number of rotatable bonds is 4. The van der Waals surface area contributed by atoms with Crippen LogP contribution in [-0.2, 0) is 6.61 Å². The summed E-state index contributed by atoms with van der Waals surface area (Å²) in [5.41, 5.74) is 2.40. The Balaban J connectivity index is 2.17. The Morgan fingerprint density at radius 2 is 2.00 bits per heavy atom. The molecule has 0 radical (unpaired) electrons. The number of halogens is 1. The molecule has 4 nitrogen and oxygen atoms in total. The first-order valence-corrected chi connectivity index (χ1v) is 6.29. The fraction of sp³-hybridized carbons (Fsp3) is 0.133. The maximum absolute atomic E-state index is 13.6. The van der Waals surface area contributed by atoms with Gasteiger partial charge in [0.05, 0.1) is 11.6 Å². The standard InChI is InChI=1S/C15H13BFNO3/c1-10-6-11(8-18)2-3-12(10)9-21-15-7-13(16(19)20)4-5-14(15)17/h2-7,19-20H,9H2,1H3. The molecule has 0 fully saturated rings. The van der Waals surface area contributed by atoms with Gasteiger partial charge in [-0.05, 0) is 47.8 Å². The molecule has 0 unspecified atom stereocenters. The molecule has 0 spiro atoms. The quantitative estimate of drug-likeness (QED) is 0.829. The van der Waals surface area contributed by atoms with E-state index in [2.05, 4.69) is 0 Å². The molecule has 0 aromatic heterocycles. The molecular weight excluding hydrogens is 272 g/mol. The maximum Gasteiger partial charge on any atom is 0.488 e. The monoisotopic (exact) mass is 285 g/mol. The van der Waals surface area contributed by atoms with Crippen molar-refractivity contribution in [3.8, 4) is 11.8 Å². The molecule has 0 aliphatic carbocycles. The Hall–Kier alpha value is -2.36. The number of hydrogen-bond donors (Lipinski definition) is 2. The van der Waals surface area contributed by atoms with E-state index < -0.39 is 12.9 Å². The lowest BCUT2D eigenvalue weighted by Crippen LogP contribution is -2.29. The van der Waals surface area contributed by atoms with Crippen LogP contribution in [0.3, 0.4) is 0 Å². The summed E-state index contributed by atoms with van der Waals surface area (Å²) in [7, 11) is -1.68. The molecule has 2 rings (SSSR count). The van der Waals surface area contributed by atoms with E-state index in [9.17, 15) is 4.39 Å². The van der Waals surface area contributed by atoms with Crippen molar-refractivity contribution in [1.82, 2.24) is 0 Å². The van der Waals surface area contributed by atoms with Gasteiger partial charge in [0, 0.05) is 0 Å². The predicted molar refractivity (Wildman–Crippen MR) is 76.5 cm³/mol. The third-order valence-corrected chi connectivity index (χ3v) is 3.11. The van der Waals surface area contributed by atoms with Gasteiger partial charge in [-0.2, -0.15) is 5.26 Å². The van der Waals surface area contributed by atoms with Crippen molar-refractivity contribution in [2.24, 2.45) is 0 Å². The first-order chi connectivity index (χ1) is 10.0. The second-order valence-electron chi connectivity index (χ2n) is 4.61. The SMILES string of the molecule is Cc1cc(C#N)ccc1COc1cc(B(O)O)ccc1F. The number of hydrogen-bond acceptors (Lipinski definition) is 4. The van der Waals surface area contributed by atoms with E-state index >= 15 is 0 Å². The van der Waals surface area contributed by atoms with Crippen LogP contribution in [0.15, 0.2) is 36.4 Å². The van der Waals surface area contributed by atoms with Crippen LogP contribution in [-0.4, -0.2) is 17.2 Å². The van der Waals surface area contributed by atoms with Crippen LogP contribution in [0.2, 0.25) is 0 Å². The van der Waals surface area contributed by atoms with Crippen molar-refractivity contribution in [3.63, 3.8) is 0 Å². The van der Waals surface area contributed by atoms with Crippen molar-refractivity contribution in [3.05, 3.63) is 58.9 Å². The molecule has 21 heavy (non-hydrogen) atoms. The van der Waals surface area contributed by atoms with Crippen LogP contribution in [0.5, 0.6) is 5.75 Å². The molecule has 0 atom stereocenters. The van der Waals surface area contributed by atoms with Crippen molar-refractivity contribution >= 4 is 12.6 Å². The van der Waals surface area contributed by atoms with Gasteiger partial charge in [0.25, 0.3) is 0 Å². The van der Waals surface area contributed by atoms with E-state index in [-0.39, 0.29) is 17.8 Å². The minimum atomic E-state index is -1.68. The largest absolute Gasteiger partial charge is 0.488 e. The molecule has 2 aromatic carbocycles. The molecule has 2 N–H and O–H groups in total. The molecule has 0 heterocycles. The second kappa shape index (κ2) is 6.40. The normalized spacial score (nSPS) is 10.0. The zero-order valence-electron chi connectivity index (χ0n) is 11.4. The van der Waals surface area contributed by atoms with E-state index in [0.29, 0.717) is 5.56 Å².